The molecule has 1 N–H and O–H groups in total. The fourth-order valence-electron chi connectivity index (χ4n) is 1.82. The average Bonchev–Trinajstić information content (AvgIpc) is 2.36. The molecule has 0 fully saturated rings. The third kappa shape index (κ3) is 3.65. The van der Waals surface area contributed by atoms with E-state index in [2.05, 4.69) is 0 Å². The Kier molecular flexibility index (Phi) is 5.49. The molecule has 0 aliphatic carbocycles. The van der Waals surface area contributed by atoms with Gasteiger partial charge in [-0.15, -0.1) is 0 Å². The molecule has 0 unspecified atom stereocenters. The number of aliphatic carboxylic acids is 1. The number of nitrogens with zero attached hydrogens (tertiary/aromatic N) is 1. The molecule has 4 heteroatoms. The maximum absolute atomic E-state index is 11.1. The normalized spacial score (nSPS) is 11.9. The summed E-state index contributed by atoms with van der Waals surface area (Å²) in [6.07, 6.45) is 0.908. The van der Waals surface area contributed by atoms with Gasteiger partial charge in [0.25, 0.3) is 0 Å². The number of carboxylic acids is 1. The Labute approximate surface area is 108 Å². The van der Waals surface area contributed by atoms with Crippen LogP contribution in [0.15, 0.2) is 24.3 Å². The van der Waals surface area contributed by atoms with Crippen molar-refractivity contribution in [1.29, 1.82) is 0 Å². The Morgan fingerprint density at radius 2 is 1.94 bits per heavy atom. The molecule has 1 atom stereocenters. The van der Waals surface area contributed by atoms with Gasteiger partial charge in [0.05, 0.1) is 6.61 Å². The molecular weight excluding hydrogens is 230 g/mol. The highest BCUT2D eigenvalue weighted by atomic mass is 16.5. The van der Waals surface area contributed by atoms with Crippen LogP contribution in [0.1, 0.15) is 27.2 Å². The minimum absolute atomic E-state index is 0.525. The monoisotopic (exact) mass is 251 g/mol. The molecule has 0 spiro atoms. The van der Waals surface area contributed by atoms with E-state index < -0.39 is 12.0 Å². The summed E-state index contributed by atoms with van der Waals surface area (Å²) in [5.41, 5.74) is 0.912. The first-order valence-corrected chi connectivity index (χ1v) is 6.32. The second-order valence-electron chi connectivity index (χ2n) is 4.13. The van der Waals surface area contributed by atoms with Crippen LogP contribution < -0.4 is 9.64 Å². The molecule has 4 nitrogen and oxygen atoms in total. The van der Waals surface area contributed by atoms with E-state index in [1.807, 2.05) is 43.0 Å². The van der Waals surface area contributed by atoms with Gasteiger partial charge in [0.2, 0.25) is 0 Å². The van der Waals surface area contributed by atoms with Gasteiger partial charge in [-0.25, -0.2) is 4.79 Å². The van der Waals surface area contributed by atoms with Crippen molar-refractivity contribution in [2.24, 2.45) is 0 Å². The van der Waals surface area contributed by atoms with Crippen LogP contribution in [-0.2, 0) is 4.79 Å². The first-order chi connectivity index (χ1) is 8.60. The molecule has 0 aliphatic heterocycles. The fourth-order valence-corrected chi connectivity index (χ4v) is 1.82. The molecule has 100 valence electrons. The van der Waals surface area contributed by atoms with Crippen molar-refractivity contribution in [3.8, 4) is 5.75 Å². The molecule has 0 aliphatic rings. The van der Waals surface area contributed by atoms with Gasteiger partial charge in [0.15, 0.2) is 0 Å². The molecular formula is C14H21NO3. The number of ether oxygens (including phenoxy) is 1. The third-order valence-corrected chi connectivity index (χ3v) is 2.77. The summed E-state index contributed by atoms with van der Waals surface area (Å²) in [6.45, 7) is 7.03. The van der Waals surface area contributed by atoms with Crippen molar-refractivity contribution in [1.82, 2.24) is 0 Å². The molecule has 1 rings (SSSR count). The predicted octanol–water partition coefficient (Wildman–Crippen LogP) is 2.77. The number of benzene rings is 1. The molecule has 0 heterocycles. The first kappa shape index (κ1) is 14.4. The van der Waals surface area contributed by atoms with Crippen LogP contribution in [0.5, 0.6) is 5.75 Å². The molecule has 0 saturated carbocycles. The van der Waals surface area contributed by atoms with Crippen molar-refractivity contribution < 1.29 is 14.6 Å². The van der Waals surface area contributed by atoms with Crippen LogP contribution in [0.2, 0.25) is 0 Å². The fraction of sp³-hybridized carbons (Fsp3) is 0.500. The average molecular weight is 251 g/mol. The number of anilines is 1. The van der Waals surface area contributed by atoms with Crippen LogP contribution >= 0.6 is 0 Å². The summed E-state index contributed by atoms with van der Waals surface area (Å²) >= 11 is 0. The van der Waals surface area contributed by atoms with E-state index in [4.69, 9.17) is 9.84 Å². The lowest BCUT2D eigenvalue weighted by Gasteiger charge is -2.28. The maximum atomic E-state index is 11.1. The van der Waals surface area contributed by atoms with E-state index in [0.717, 1.165) is 24.4 Å². The lowest BCUT2D eigenvalue weighted by Crippen LogP contribution is -2.39. The Balaban J connectivity index is 2.88. The van der Waals surface area contributed by atoms with Gasteiger partial charge in [-0.2, -0.15) is 0 Å². The van der Waals surface area contributed by atoms with Gasteiger partial charge in [-0.3, -0.25) is 0 Å². The summed E-state index contributed by atoms with van der Waals surface area (Å²) in [7, 11) is 0. The Morgan fingerprint density at radius 1 is 1.33 bits per heavy atom. The number of carboxylic acid groups (broad SMARTS) is 1. The second-order valence-corrected chi connectivity index (χ2v) is 4.13. The van der Waals surface area contributed by atoms with Gasteiger partial charge in [0, 0.05) is 12.2 Å². The second kappa shape index (κ2) is 6.89. The molecule has 1 aromatic carbocycles. The number of rotatable bonds is 7. The van der Waals surface area contributed by atoms with E-state index in [1.165, 1.54) is 0 Å². The van der Waals surface area contributed by atoms with E-state index in [9.17, 15) is 4.79 Å². The van der Waals surface area contributed by atoms with E-state index in [-0.39, 0.29) is 0 Å². The Bertz CT molecular complexity index is 375. The SMILES string of the molecule is CCCN(c1ccc(OCC)cc1)[C@@H](C)C(=O)O. The highest BCUT2D eigenvalue weighted by Crippen LogP contribution is 2.21. The van der Waals surface area contributed by atoms with Crippen LogP contribution in [0, 0.1) is 0 Å². The predicted molar refractivity (Wildman–Crippen MR) is 72.3 cm³/mol. The molecule has 0 amide bonds. The zero-order chi connectivity index (χ0) is 13.5. The maximum Gasteiger partial charge on any atom is 0.326 e. The largest absolute Gasteiger partial charge is 0.494 e. The highest BCUT2D eigenvalue weighted by molar-refractivity contribution is 5.77. The van der Waals surface area contributed by atoms with Crippen molar-refractivity contribution in [3.63, 3.8) is 0 Å². The van der Waals surface area contributed by atoms with Crippen LogP contribution in [0.25, 0.3) is 0 Å². The number of hydrogen-bond acceptors (Lipinski definition) is 3. The standard InChI is InChI=1S/C14H21NO3/c1-4-10-15(11(3)14(16)17)12-6-8-13(9-7-12)18-5-2/h6-9,11H,4-5,10H2,1-3H3,(H,16,17)/t11-/m0/s1. The minimum atomic E-state index is -0.808. The number of hydrogen-bond donors (Lipinski definition) is 1. The van der Waals surface area contributed by atoms with E-state index >= 15 is 0 Å². The Hall–Kier alpha value is -1.71. The molecule has 18 heavy (non-hydrogen) atoms. The zero-order valence-electron chi connectivity index (χ0n) is 11.2. The van der Waals surface area contributed by atoms with Crippen molar-refractivity contribution in [2.45, 2.75) is 33.2 Å². The van der Waals surface area contributed by atoms with Crippen LogP contribution in [-0.4, -0.2) is 30.3 Å². The van der Waals surface area contributed by atoms with Crippen molar-refractivity contribution >= 4 is 11.7 Å². The minimum Gasteiger partial charge on any atom is -0.494 e. The summed E-state index contributed by atoms with van der Waals surface area (Å²) in [6, 6.07) is 7.02. The molecule has 1 aromatic rings. The lowest BCUT2D eigenvalue weighted by atomic mass is 10.2. The summed E-state index contributed by atoms with van der Waals surface area (Å²) < 4.78 is 5.37. The van der Waals surface area contributed by atoms with Crippen LogP contribution in [0.4, 0.5) is 5.69 Å². The van der Waals surface area contributed by atoms with Crippen molar-refractivity contribution in [3.05, 3.63) is 24.3 Å². The van der Waals surface area contributed by atoms with Gasteiger partial charge < -0.3 is 14.7 Å². The quantitative estimate of drug-likeness (QED) is 0.809. The molecule has 0 radical (unpaired) electrons. The van der Waals surface area contributed by atoms with Gasteiger partial charge in [-0.05, 0) is 44.5 Å². The van der Waals surface area contributed by atoms with Gasteiger partial charge >= 0.3 is 5.97 Å². The van der Waals surface area contributed by atoms with E-state index in [1.54, 1.807) is 6.92 Å². The first-order valence-electron chi connectivity index (χ1n) is 6.32. The van der Waals surface area contributed by atoms with Gasteiger partial charge in [0.1, 0.15) is 11.8 Å². The van der Waals surface area contributed by atoms with Crippen molar-refractivity contribution in [2.75, 3.05) is 18.1 Å². The van der Waals surface area contributed by atoms with Gasteiger partial charge in [-0.1, -0.05) is 6.92 Å². The summed E-state index contributed by atoms with van der Waals surface area (Å²) in [4.78, 5) is 13.0. The topological polar surface area (TPSA) is 49.8 Å². The Morgan fingerprint density at radius 3 is 2.39 bits per heavy atom. The van der Waals surface area contributed by atoms with Crippen LogP contribution in [0.3, 0.4) is 0 Å². The number of carbonyl (C=O) groups is 1. The molecule has 0 saturated heterocycles. The molecule has 0 bridgehead atoms. The zero-order valence-corrected chi connectivity index (χ0v) is 11.2. The third-order valence-electron chi connectivity index (χ3n) is 2.77. The highest BCUT2D eigenvalue weighted by Gasteiger charge is 2.20. The lowest BCUT2D eigenvalue weighted by molar-refractivity contribution is -0.138. The molecule has 0 aromatic heterocycles. The smallest absolute Gasteiger partial charge is 0.326 e. The summed E-state index contributed by atoms with van der Waals surface area (Å²) in [5.74, 6) is -0.00184. The van der Waals surface area contributed by atoms with E-state index in [0.29, 0.717) is 6.61 Å². The summed E-state index contributed by atoms with van der Waals surface area (Å²) in [5, 5.41) is 9.11.